The lowest BCUT2D eigenvalue weighted by molar-refractivity contribution is -0.124. The van der Waals surface area contributed by atoms with Gasteiger partial charge in [-0.25, -0.2) is 9.69 Å². The predicted octanol–water partition coefficient (Wildman–Crippen LogP) is 2.81. The molecule has 7 nitrogen and oxygen atoms in total. The summed E-state index contributed by atoms with van der Waals surface area (Å²) in [4.78, 5) is 41.0. The number of urea groups is 1. The fourth-order valence-electron chi connectivity index (χ4n) is 3.19. The normalized spacial score (nSPS) is 16.6. The molecule has 1 unspecified atom stereocenters. The number of anilines is 2. The van der Waals surface area contributed by atoms with Gasteiger partial charge in [-0.3, -0.25) is 9.59 Å². The quantitative estimate of drug-likeness (QED) is 0.748. The van der Waals surface area contributed by atoms with E-state index in [1.165, 1.54) is 12.0 Å². The Labute approximate surface area is 163 Å². The first-order valence-corrected chi connectivity index (χ1v) is 9.06. The van der Waals surface area contributed by atoms with E-state index in [0.29, 0.717) is 11.4 Å². The SMILES string of the molecule is COCCN1C(=O)N(c2cccc(C)c2)C(=O)C1CC(=O)Nc1ccccc1. The number of amides is 4. The topological polar surface area (TPSA) is 79.0 Å². The van der Waals surface area contributed by atoms with Crippen LogP contribution in [-0.2, 0) is 14.3 Å². The Hall–Kier alpha value is -3.19. The van der Waals surface area contributed by atoms with Gasteiger partial charge in [-0.2, -0.15) is 0 Å². The predicted molar refractivity (Wildman–Crippen MR) is 106 cm³/mol. The average Bonchev–Trinajstić information content (AvgIpc) is 2.90. The molecule has 1 aliphatic heterocycles. The summed E-state index contributed by atoms with van der Waals surface area (Å²) in [7, 11) is 1.53. The minimum atomic E-state index is -0.869. The number of carbonyl (C=O) groups excluding carboxylic acids is 3. The number of methoxy groups -OCH3 is 1. The van der Waals surface area contributed by atoms with Crippen LogP contribution in [0.2, 0.25) is 0 Å². The van der Waals surface area contributed by atoms with Gasteiger partial charge in [-0.1, -0.05) is 30.3 Å². The minimum absolute atomic E-state index is 0.120. The summed E-state index contributed by atoms with van der Waals surface area (Å²) < 4.78 is 5.07. The maximum atomic E-state index is 13.0. The summed E-state index contributed by atoms with van der Waals surface area (Å²) in [5, 5.41) is 2.77. The van der Waals surface area contributed by atoms with E-state index in [1.807, 2.05) is 31.2 Å². The zero-order chi connectivity index (χ0) is 20.1. The zero-order valence-corrected chi connectivity index (χ0v) is 15.9. The van der Waals surface area contributed by atoms with Crippen LogP contribution in [0.5, 0.6) is 0 Å². The van der Waals surface area contributed by atoms with Crippen LogP contribution < -0.4 is 10.2 Å². The van der Waals surface area contributed by atoms with E-state index < -0.39 is 18.0 Å². The molecule has 0 bridgehead atoms. The Morgan fingerprint density at radius 2 is 1.86 bits per heavy atom. The third-order valence-electron chi connectivity index (χ3n) is 4.55. The summed E-state index contributed by atoms with van der Waals surface area (Å²) in [6, 6.07) is 14.9. The maximum Gasteiger partial charge on any atom is 0.332 e. The minimum Gasteiger partial charge on any atom is -0.383 e. The lowest BCUT2D eigenvalue weighted by Crippen LogP contribution is -2.39. The molecule has 0 spiro atoms. The molecule has 0 aromatic heterocycles. The average molecular weight is 381 g/mol. The van der Waals surface area contributed by atoms with Crippen LogP contribution in [0.25, 0.3) is 0 Å². The molecule has 2 aromatic carbocycles. The second kappa shape index (κ2) is 8.67. The summed E-state index contributed by atoms with van der Waals surface area (Å²) >= 11 is 0. The number of aryl methyl sites for hydroxylation is 1. The first-order chi connectivity index (χ1) is 13.5. The van der Waals surface area contributed by atoms with Crippen LogP contribution in [0.15, 0.2) is 54.6 Å². The molecule has 0 saturated carbocycles. The van der Waals surface area contributed by atoms with Crippen molar-refractivity contribution in [3.05, 3.63) is 60.2 Å². The van der Waals surface area contributed by atoms with Crippen LogP contribution in [0.3, 0.4) is 0 Å². The molecule has 0 radical (unpaired) electrons. The zero-order valence-electron chi connectivity index (χ0n) is 15.9. The number of rotatable bonds is 7. The van der Waals surface area contributed by atoms with Gasteiger partial charge in [0.2, 0.25) is 5.91 Å². The van der Waals surface area contributed by atoms with Gasteiger partial charge in [-0.05, 0) is 36.8 Å². The van der Waals surface area contributed by atoms with Crippen molar-refractivity contribution in [2.45, 2.75) is 19.4 Å². The maximum absolute atomic E-state index is 13.0. The molecule has 2 aromatic rings. The largest absolute Gasteiger partial charge is 0.383 e. The summed E-state index contributed by atoms with van der Waals surface area (Å²) in [5.41, 5.74) is 2.08. The van der Waals surface area contributed by atoms with E-state index in [2.05, 4.69) is 5.32 Å². The summed E-state index contributed by atoms with van der Waals surface area (Å²) in [5.74, 6) is -0.735. The smallest absolute Gasteiger partial charge is 0.332 e. The van der Waals surface area contributed by atoms with Gasteiger partial charge in [0, 0.05) is 19.3 Å². The number of nitrogens with zero attached hydrogens (tertiary/aromatic N) is 2. The van der Waals surface area contributed by atoms with Gasteiger partial charge in [0.05, 0.1) is 18.7 Å². The molecule has 1 aliphatic rings. The molecule has 1 N–H and O–H groups in total. The highest BCUT2D eigenvalue weighted by Gasteiger charge is 2.46. The fraction of sp³-hybridized carbons (Fsp3) is 0.286. The number of hydrogen-bond acceptors (Lipinski definition) is 4. The van der Waals surface area contributed by atoms with E-state index in [9.17, 15) is 14.4 Å². The Bertz CT molecular complexity index is 869. The molecular weight excluding hydrogens is 358 g/mol. The summed E-state index contributed by atoms with van der Waals surface area (Å²) in [6.45, 7) is 2.39. The molecule has 7 heteroatoms. The van der Waals surface area contributed by atoms with Gasteiger partial charge in [-0.15, -0.1) is 0 Å². The van der Waals surface area contributed by atoms with E-state index in [1.54, 1.807) is 30.3 Å². The van der Waals surface area contributed by atoms with Crippen molar-refractivity contribution in [3.8, 4) is 0 Å². The van der Waals surface area contributed by atoms with Crippen LogP contribution in [0.1, 0.15) is 12.0 Å². The summed E-state index contributed by atoms with van der Waals surface area (Å²) in [6.07, 6.45) is -0.120. The van der Waals surface area contributed by atoms with Crippen molar-refractivity contribution in [2.24, 2.45) is 0 Å². The molecule has 1 atom stereocenters. The first kappa shape index (κ1) is 19.6. The van der Waals surface area contributed by atoms with E-state index in [0.717, 1.165) is 10.5 Å². The van der Waals surface area contributed by atoms with Crippen LogP contribution in [0, 0.1) is 6.92 Å². The Balaban J connectivity index is 1.81. The molecule has 4 amide bonds. The fourth-order valence-corrected chi connectivity index (χ4v) is 3.19. The highest BCUT2D eigenvalue weighted by molar-refractivity contribution is 6.22. The number of benzene rings is 2. The van der Waals surface area contributed by atoms with Crippen molar-refractivity contribution in [2.75, 3.05) is 30.5 Å². The Kier molecular flexibility index (Phi) is 6.06. The highest BCUT2D eigenvalue weighted by atomic mass is 16.5. The Morgan fingerprint density at radius 1 is 1.11 bits per heavy atom. The van der Waals surface area contributed by atoms with E-state index in [-0.39, 0.29) is 25.5 Å². The lowest BCUT2D eigenvalue weighted by atomic mass is 10.1. The third kappa shape index (κ3) is 4.20. The third-order valence-corrected chi connectivity index (χ3v) is 4.55. The number of carbonyl (C=O) groups is 3. The van der Waals surface area contributed by atoms with Crippen molar-refractivity contribution in [3.63, 3.8) is 0 Å². The van der Waals surface area contributed by atoms with Gasteiger partial charge >= 0.3 is 6.03 Å². The number of para-hydroxylation sites is 1. The molecular formula is C21H23N3O4. The lowest BCUT2D eigenvalue weighted by Gasteiger charge is -2.21. The number of hydrogen-bond donors (Lipinski definition) is 1. The monoisotopic (exact) mass is 381 g/mol. The molecule has 28 heavy (non-hydrogen) atoms. The molecule has 146 valence electrons. The van der Waals surface area contributed by atoms with E-state index in [4.69, 9.17) is 4.74 Å². The van der Waals surface area contributed by atoms with Gasteiger partial charge < -0.3 is 15.0 Å². The Morgan fingerprint density at radius 3 is 2.54 bits per heavy atom. The first-order valence-electron chi connectivity index (χ1n) is 9.06. The molecule has 1 fully saturated rings. The van der Waals surface area contributed by atoms with Crippen LogP contribution in [-0.4, -0.2) is 49.0 Å². The second-order valence-electron chi connectivity index (χ2n) is 6.62. The molecule has 0 aliphatic carbocycles. The van der Waals surface area contributed by atoms with Crippen molar-refractivity contribution < 1.29 is 19.1 Å². The van der Waals surface area contributed by atoms with Gasteiger partial charge in [0.1, 0.15) is 6.04 Å². The van der Waals surface area contributed by atoms with Gasteiger partial charge in [0.25, 0.3) is 5.91 Å². The molecule has 1 saturated heterocycles. The second-order valence-corrected chi connectivity index (χ2v) is 6.62. The van der Waals surface area contributed by atoms with Crippen LogP contribution >= 0.6 is 0 Å². The molecule has 1 heterocycles. The van der Waals surface area contributed by atoms with Gasteiger partial charge in [0.15, 0.2) is 0 Å². The number of nitrogens with one attached hydrogen (secondary N) is 1. The standard InChI is InChI=1S/C21H23N3O4/c1-15-7-6-10-17(13-15)24-20(26)18(23(21(24)27)11-12-28-2)14-19(25)22-16-8-4-3-5-9-16/h3-10,13,18H,11-12,14H2,1-2H3,(H,22,25). The highest BCUT2D eigenvalue weighted by Crippen LogP contribution is 2.27. The van der Waals surface area contributed by atoms with Crippen molar-refractivity contribution in [1.82, 2.24) is 4.90 Å². The van der Waals surface area contributed by atoms with Crippen LogP contribution in [0.4, 0.5) is 16.2 Å². The van der Waals surface area contributed by atoms with E-state index >= 15 is 0 Å². The number of ether oxygens (including phenoxy) is 1. The van der Waals surface area contributed by atoms with Crippen molar-refractivity contribution >= 4 is 29.2 Å². The van der Waals surface area contributed by atoms with Crippen molar-refractivity contribution in [1.29, 1.82) is 0 Å². The molecule has 3 rings (SSSR count). The number of imide groups is 1.